The van der Waals surface area contributed by atoms with Gasteiger partial charge in [0.1, 0.15) is 5.70 Å². The van der Waals surface area contributed by atoms with Gasteiger partial charge in [0.15, 0.2) is 0 Å². The third kappa shape index (κ3) is 8.17. The van der Waals surface area contributed by atoms with Gasteiger partial charge in [-0.05, 0) is 80.1 Å². The summed E-state index contributed by atoms with van der Waals surface area (Å²) < 4.78 is 0. The van der Waals surface area contributed by atoms with Crippen LogP contribution < -0.4 is 16.0 Å². The minimum Gasteiger partial charge on any atom is -0.325 e. The highest BCUT2D eigenvalue weighted by atomic mass is 35.5. The number of thioether (sulfide) groups is 1. The SMILES string of the molecule is Cc1c(Cl)cccc1NC(=O)C(C)Sc1cccc(NC(=O)/C(=C\c2c(Cl)cccc2Cl)NC(=O)c2ccccc2)c1. The van der Waals surface area contributed by atoms with Gasteiger partial charge < -0.3 is 16.0 Å². The Morgan fingerprint density at radius 2 is 1.43 bits per heavy atom. The van der Waals surface area contributed by atoms with Crippen LogP contribution in [0.1, 0.15) is 28.4 Å². The van der Waals surface area contributed by atoms with Crippen molar-refractivity contribution in [3.63, 3.8) is 0 Å². The zero-order valence-corrected chi connectivity index (χ0v) is 25.7. The summed E-state index contributed by atoms with van der Waals surface area (Å²) in [5.41, 5.74) is 2.61. The quantitative estimate of drug-likeness (QED) is 0.127. The standard InChI is InChI=1S/C32H26Cl3N3O3S/c1-19-25(33)13-8-16-28(19)37-30(39)20(2)42-23-12-6-11-22(17-23)36-32(41)29(18-24-26(34)14-7-15-27(24)35)38-31(40)21-9-4-3-5-10-21/h3-18,20H,1-2H3,(H,36,41)(H,37,39)(H,38,40)/b29-18+. The fourth-order valence-electron chi connectivity index (χ4n) is 3.82. The topological polar surface area (TPSA) is 87.3 Å². The minimum absolute atomic E-state index is 0.0541. The van der Waals surface area contributed by atoms with Gasteiger partial charge in [-0.1, -0.05) is 71.2 Å². The smallest absolute Gasteiger partial charge is 0.272 e. The number of amides is 3. The first-order valence-corrected chi connectivity index (χ1v) is 14.8. The molecule has 4 rings (SSSR count). The van der Waals surface area contributed by atoms with E-state index in [1.807, 2.05) is 13.0 Å². The largest absolute Gasteiger partial charge is 0.325 e. The number of nitrogens with one attached hydrogen (secondary N) is 3. The Bertz CT molecular complexity index is 1640. The Kier molecular flexibility index (Phi) is 10.7. The van der Waals surface area contributed by atoms with Crippen molar-refractivity contribution in [1.29, 1.82) is 0 Å². The normalized spacial score (nSPS) is 11.9. The second-order valence-corrected chi connectivity index (χ2v) is 11.8. The van der Waals surface area contributed by atoms with E-state index in [1.165, 1.54) is 17.8 Å². The third-order valence-corrected chi connectivity index (χ3v) is 8.28. The fourth-order valence-corrected chi connectivity index (χ4v) is 5.42. The van der Waals surface area contributed by atoms with Crippen molar-refractivity contribution < 1.29 is 14.4 Å². The van der Waals surface area contributed by atoms with E-state index in [-0.39, 0.29) is 11.6 Å². The molecule has 214 valence electrons. The number of anilines is 2. The summed E-state index contributed by atoms with van der Waals surface area (Å²) in [4.78, 5) is 40.0. The van der Waals surface area contributed by atoms with Gasteiger partial charge in [0.2, 0.25) is 5.91 Å². The van der Waals surface area contributed by atoms with Gasteiger partial charge >= 0.3 is 0 Å². The van der Waals surface area contributed by atoms with E-state index in [1.54, 1.807) is 91.9 Å². The molecule has 0 heterocycles. The zero-order valence-electron chi connectivity index (χ0n) is 22.6. The number of benzene rings is 4. The Morgan fingerprint density at radius 1 is 0.786 bits per heavy atom. The highest BCUT2D eigenvalue weighted by molar-refractivity contribution is 8.00. The van der Waals surface area contributed by atoms with Gasteiger partial charge in [-0.25, -0.2) is 0 Å². The zero-order chi connectivity index (χ0) is 30.2. The molecule has 0 bridgehead atoms. The molecular formula is C32H26Cl3N3O3S. The molecule has 42 heavy (non-hydrogen) atoms. The van der Waals surface area contributed by atoms with E-state index in [9.17, 15) is 14.4 Å². The van der Waals surface area contributed by atoms with Crippen molar-refractivity contribution >= 4 is 81.7 Å². The predicted octanol–water partition coefficient (Wildman–Crippen LogP) is 8.48. The predicted molar refractivity (Wildman–Crippen MR) is 174 cm³/mol. The number of hydrogen-bond donors (Lipinski definition) is 3. The van der Waals surface area contributed by atoms with Crippen LogP contribution in [-0.2, 0) is 9.59 Å². The molecule has 3 amide bonds. The van der Waals surface area contributed by atoms with Gasteiger partial charge in [-0.2, -0.15) is 0 Å². The second kappa shape index (κ2) is 14.4. The van der Waals surface area contributed by atoms with Crippen LogP contribution in [0.2, 0.25) is 15.1 Å². The molecule has 4 aromatic rings. The molecule has 4 aromatic carbocycles. The number of halogens is 3. The van der Waals surface area contributed by atoms with Crippen LogP contribution in [0.4, 0.5) is 11.4 Å². The average molecular weight is 639 g/mol. The van der Waals surface area contributed by atoms with E-state index in [0.29, 0.717) is 37.6 Å². The van der Waals surface area contributed by atoms with Crippen LogP contribution in [0.25, 0.3) is 6.08 Å². The summed E-state index contributed by atoms with van der Waals surface area (Å²) >= 11 is 20.2. The number of rotatable bonds is 9. The number of hydrogen-bond acceptors (Lipinski definition) is 4. The van der Waals surface area contributed by atoms with E-state index in [0.717, 1.165) is 10.5 Å². The van der Waals surface area contributed by atoms with E-state index in [2.05, 4.69) is 16.0 Å². The fraction of sp³-hybridized carbons (Fsp3) is 0.0938. The lowest BCUT2D eigenvalue weighted by atomic mass is 10.1. The third-order valence-electron chi connectivity index (χ3n) is 6.12. The molecule has 0 aromatic heterocycles. The van der Waals surface area contributed by atoms with Crippen molar-refractivity contribution in [2.24, 2.45) is 0 Å². The van der Waals surface area contributed by atoms with Crippen LogP contribution >= 0.6 is 46.6 Å². The van der Waals surface area contributed by atoms with Gasteiger partial charge in [0.05, 0.1) is 5.25 Å². The van der Waals surface area contributed by atoms with Gasteiger partial charge in [0, 0.05) is 42.5 Å². The molecule has 0 aliphatic heterocycles. The van der Waals surface area contributed by atoms with Crippen molar-refractivity contribution in [3.8, 4) is 0 Å². The Hall–Kier alpha value is -3.75. The summed E-state index contributed by atoms with van der Waals surface area (Å²) in [6.07, 6.45) is 1.43. The highest BCUT2D eigenvalue weighted by Crippen LogP contribution is 2.29. The maximum atomic E-state index is 13.4. The van der Waals surface area contributed by atoms with Gasteiger partial charge in [-0.15, -0.1) is 11.8 Å². The van der Waals surface area contributed by atoms with Crippen LogP contribution in [0.5, 0.6) is 0 Å². The average Bonchev–Trinajstić information content (AvgIpc) is 2.97. The molecule has 0 saturated carbocycles. The first kappa shape index (κ1) is 31.2. The molecule has 6 nitrogen and oxygen atoms in total. The maximum absolute atomic E-state index is 13.4. The number of carbonyl (C=O) groups excluding carboxylic acids is 3. The monoisotopic (exact) mass is 637 g/mol. The van der Waals surface area contributed by atoms with Crippen molar-refractivity contribution in [2.45, 2.75) is 24.0 Å². The molecule has 0 aliphatic rings. The van der Waals surface area contributed by atoms with Crippen LogP contribution in [0.3, 0.4) is 0 Å². The lowest BCUT2D eigenvalue weighted by Gasteiger charge is -2.15. The first-order chi connectivity index (χ1) is 20.1. The second-order valence-electron chi connectivity index (χ2n) is 9.16. The van der Waals surface area contributed by atoms with Crippen molar-refractivity contribution in [2.75, 3.05) is 10.6 Å². The molecule has 0 saturated heterocycles. The molecule has 0 radical (unpaired) electrons. The Balaban J connectivity index is 1.52. The van der Waals surface area contributed by atoms with E-state index in [4.69, 9.17) is 34.8 Å². The van der Waals surface area contributed by atoms with Gasteiger partial charge in [-0.3, -0.25) is 14.4 Å². The summed E-state index contributed by atoms with van der Waals surface area (Å²) in [6, 6.07) is 25.9. The summed E-state index contributed by atoms with van der Waals surface area (Å²) in [6.45, 7) is 3.63. The summed E-state index contributed by atoms with van der Waals surface area (Å²) in [5.74, 6) is -1.25. The molecular weight excluding hydrogens is 613 g/mol. The van der Waals surface area contributed by atoms with Crippen LogP contribution in [-0.4, -0.2) is 23.0 Å². The lowest BCUT2D eigenvalue weighted by Crippen LogP contribution is -2.30. The van der Waals surface area contributed by atoms with E-state index < -0.39 is 17.1 Å². The molecule has 10 heteroatoms. The summed E-state index contributed by atoms with van der Waals surface area (Å²) in [7, 11) is 0. The van der Waals surface area contributed by atoms with Crippen LogP contribution in [0, 0.1) is 6.92 Å². The van der Waals surface area contributed by atoms with Crippen molar-refractivity contribution in [3.05, 3.63) is 128 Å². The number of carbonyl (C=O) groups is 3. The molecule has 0 spiro atoms. The maximum Gasteiger partial charge on any atom is 0.272 e. The van der Waals surface area contributed by atoms with Crippen molar-refractivity contribution in [1.82, 2.24) is 5.32 Å². The summed E-state index contributed by atoms with van der Waals surface area (Å²) in [5, 5.41) is 9.17. The lowest BCUT2D eigenvalue weighted by molar-refractivity contribution is -0.115. The molecule has 1 atom stereocenters. The molecule has 1 unspecified atom stereocenters. The Labute approximate surface area is 263 Å². The van der Waals surface area contributed by atoms with E-state index >= 15 is 0 Å². The molecule has 0 fully saturated rings. The Morgan fingerprint density at radius 3 is 2.14 bits per heavy atom. The molecule has 0 aliphatic carbocycles. The van der Waals surface area contributed by atoms with Gasteiger partial charge in [0.25, 0.3) is 11.8 Å². The highest BCUT2D eigenvalue weighted by Gasteiger charge is 2.19. The first-order valence-electron chi connectivity index (χ1n) is 12.8. The van der Waals surface area contributed by atoms with Crippen LogP contribution in [0.15, 0.2) is 102 Å². The minimum atomic E-state index is -0.584. The molecule has 3 N–H and O–H groups in total.